The molecular weight excluding hydrogens is 326 g/mol. The van der Waals surface area contributed by atoms with Gasteiger partial charge < -0.3 is 10.1 Å². The van der Waals surface area contributed by atoms with Gasteiger partial charge in [0, 0.05) is 24.4 Å². The van der Waals surface area contributed by atoms with Crippen LogP contribution in [0.5, 0.6) is 0 Å². The average Bonchev–Trinajstić information content (AvgIpc) is 2.51. The molecule has 0 saturated heterocycles. The monoisotopic (exact) mass is 353 g/mol. The van der Waals surface area contributed by atoms with Crippen LogP contribution >= 0.6 is 11.8 Å². The zero-order valence-corrected chi connectivity index (χ0v) is 16.1. The molecular formula is C17H27N3O3S. The highest BCUT2D eigenvalue weighted by molar-refractivity contribution is 7.98. The Hall–Kier alpha value is -1.63. The minimum Gasteiger partial charge on any atom is -0.453 e. The van der Waals surface area contributed by atoms with Crippen molar-refractivity contribution in [3.05, 3.63) is 17.0 Å². The molecule has 0 bridgehead atoms. The fourth-order valence-electron chi connectivity index (χ4n) is 2.15. The molecule has 24 heavy (non-hydrogen) atoms. The zero-order valence-electron chi connectivity index (χ0n) is 15.3. The van der Waals surface area contributed by atoms with Crippen molar-refractivity contribution in [3.8, 4) is 0 Å². The van der Waals surface area contributed by atoms with Crippen LogP contribution in [0.1, 0.15) is 44.1 Å². The molecule has 1 heterocycles. The van der Waals surface area contributed by atoms with Gasteiger partial charge in [-0.05, 0) is 44.9 Å². The van der Waals surface area contributed by atoms with Gasteiger partial charge in [-0.1, -0.05) is 25.6 Å². The van der Waals surface area contributed by atoms with E-state index in [0.29, 0.717) is 18.9 Å². The van der Waals surface area contributed by atoms with E-state index in [1.807, 2.05) is 34.0 Å². The molecule has 134 valence electrons. The number of aryl methyl sites for hydroxylation is 2. The van der Waals surface area contributed by atoms with Gasteiger partial charge >= 0.3 is 5.97 Å². The van der Waals surface area contributed by atoms with Crippen LogP contribution in [0.15, 0.2) is 5.16 Å². The highest BCUT2D eigenvalue weighted by atomic mass is 32.2. The minimum atomic E-state index is -0.784. The molecule has 0 saturated carbocycles. The van der Waals surface area contributed by atoms with Crippen molar-refractivity contribution < 1.29 is 14.3 Å². The predicted molar refractivity (Wildman–Crippen MR) is 95.0 cm³/mol. The molecule has 0 aliphatic carbocycles. The van der Waals surface area contributed by atoms with Gasteiger partial charge in [-0.3, -0.25) is 9.59 Å². The Morgan fingerprint density at radius 3 is 2.25 bits per heavy atom. The number of nitrogens with one attached hydrogen (secondary N) is 1. The first-order chi connectivity index (χ1) is 11.2. The van der Waals surface area contributed by atoms with E-state index >= 15 is 0 Å². The SMILES string of the molecule is CSc1nc(C)c(CCC(=O)OC(C)C(=O)NCC(C)C)c(C)n1. The number of hydrogen-bond donors (Lipinski definition) is 1. The quantitative estimate of drug-likeness (QED) is 0.439. The highest BCUT2D eigenvalue weighted by Crippen LogP contribution is 2.17. The summed E-state index contributed by atoms with van der Waals surface area (Å²) in [6.45, 7) is 9.99. The Labute approximate surface area is 148 Å². The van der Waals surface area contributed by atoms with Crippen molar-refractivity contribution >= 4 is 23.6 Å². The first-order valence-corrected chi connectivity index (χ1v) is 9.32. The maximum atomic E-state index is 12.0. The molecule has 0 aliphatic rings. The summed E-state index contributed by atoms with van der Waals surface area (Å²) >= 11 is 1.49. The van der Waals surface area contributed by atoms with Crippen molar-refractivity contribution in [2.24, 2.45) is 5.92 Å². The van der Waals surface area contributed by atoms with E-state index in [0.717, 1.165) is 22.1 Å². The molecule has 1 amide bonds. The summed E-state index contributed by atoms with van der Waals surface area (Å²) in [5.74, 6) is -0.306. The van der Waals surface area contributed by atoms with E-state index in [9.17, 15) is 9.59 Å². The number of rotatable bonds is 8. The van der Waals surface area contributed by atoms with Gasteiger partial charge in [-0.25, -0.2) is 9.97 Å². The van der Waals surface area contributed by atoms with E-state index in [1.54, 1.807) is 6.92 Å². The number of amides is 1. The van der Waals surface area contributed by atoms with Gasteiger partial charge in [0.2, 0.25) is 0 Å². The Balaban J connectivity index is 2.53. The number of carbonyl (C=O) groups excluding carboxylic acids is 2. The second-order valence-electron chi connectivity index (χ2n) is 6.13. The standard InChI is InChI=1S/C17H27N3O3S/c1-10(2)9-18-16(22)13(5)23-15(21)8-7-14-11(3)19-17(24-6)20-12(14)4/h10,13H,7-9H2,1-6H3,(H,18,22). The molecule has 0 aliphatic heterocycles. The van der Waals surface area contributed by atoms with Crippen LogP contribution in [-0.2, 0) is 20.7 Å². The van der Waals surface area contributed by atoms with Gasteiger partial charge in [0.1, 0.15) is 0 Å². The molecule has 0 radical (unpaired) electrons. The summed E-state index contributed by atoms with van der Waals surface area (Å²) in [7, 11) is 0. The molecule has 1 aromatic rings. The van der Waals surface area contributed by atoms with Crippen LogP contribution in [0.25, 0.3) is 0 Å². The number of nitrogens with zero attached hydrogens (tertiary/aromatic N) is 2. The third-order valence-electron chi connectivity index (χ3n) is 3.52. The van der Waals surface area contributed by atoms with E-state index < -0.39 is 12.1 Å². The second kappa shape index (κ2) is 9.61. The van der Waals surface area contributed by atoms with Crippen LogP contribution in [0.2, 0.25) is 0 Å². The van der Waals surface area contributed by atoms with E-state index in [-0.39, 0.29) is 12.3 Å². The van der Waals surface area contributed by atoms with Crippen molar-refractivity contribution in [2.75, 3.05) is 12.8 Å². The number of hydrogen-bond acceptors (Lipinski definition) is 6. The summed E-state index contributed by atoms with van der Waals surface area (Å²) < 4.78 is 5.19. The highest BCUT2D eigenvalue weighted by Gasteiger charge is 2.18. The van der Waals surface area contributed by atoms with E-state index in [4.69, 9.17) is 4.74 Å². The number of ether oxygens (including phenoxy) is 1. The Kier molecular flexibility index (Phi) is 8.18. The number of carbonyl (C=O) groups is 2. The predicted octanol–water partition coefficient (Wildman–Crippen LogP) is 2.45. The number of esters is 1. The molecule has 0 fully saturated rings. The summed E-state index contributed by atoms with van der Waals surface area (Å²) in [6, 6.07) is 0. The third kappa shape index (κ3) is 6.47. The topological polar surface area (TPSA) is 81.2 Å². The van der Waals surface area contributed by atoms with E-state index in [1.165, 1.54) is 11.8 Å². The molecule has 1 N–H and O–H groups in total. The van der Waals surface area contributed by atoms with Gasteiger partial charge in [0.05, 0.1) is 0 Å². The smallest absolute Gasteiger partial charge is 0.306 e. The van der Waals surface area contributed by atoms with Gasteiger partial charge in [-0.15, -0.1) is 0 Å². The van der Waals surface area contributed by atoms with E-state index in [2.05, 4.69) is 15.3 Å². The first-order valence-electron chi connectivity index (χ1n) is 8.09. The fourth-order valence-corrected chi connectivity index (χ4v) is 2.60. The molecule has 1 atom stereocenters. The van der Waals surface area contributed by atoms with Crippen LogP contribution in [0.4, 0.5) is 0 Å². The van der Waals surface area contributed by atoms with Crippen LogP contribution in [0.3, 0.4) is 0 Å². The Bertz CT molecular complexity index is 567. The molecule has 0 spiro atoms. The molecule has 1 unspecified atom stereocenters. The Morgan fingerprint density at radius 2 is 1.75 bits per heavy atom. The lowest BCUT2D eigenvalue weighted by Crippen LogP contribution is -2.37. The largest absolute Gasteiger partial charge is 0.453 e. The van der Waals surface area contributed by atoms with Crippen LogP contribution in [-0.4, -0.2) is 40.7 Å². The van der Waals surface area contributed by atoms with Gasteiger partial charge in [-0.2, -0.15) is 0 Å². The summed E-state index contributed by atoms with van der Waals surface area (Å²) in [4.78, 5) is 32.6. The maximum Gasteiger partial charge on any atom is 0.306 e. The average molecular weight is 353 g/mol. The lowest BCUT2D eigenvalue weighted by atomic mass is 10.1. The number of thioether (sulfide) groups is 1. The summed E-state index contributed by atoms with van der Waals surface area (Å²) in [5.41, 5.74) is 2.71. The molecule has 1 rings (SSSR count). The van der Waals surface area contributed by atoms with Crippen molar-refractivity contribution in [3.63, 3.8) is 0 Å². The Morgan fingerprint density at radius 1 is 1.17 bits per heavy atom. The van der Waals surface area contributed by atoms with Crippen LogP contribution < -0.4 is 5.32 Å². The van der Waals surface area contributed by atoms with Crippen molar-refractivity contribution in [2.45, 2.75) is 58.7 Å². The first kappa shape index (κ1) is 20.4. The molecule has 1 aromatic heterocycles. The summed E-state index contributed by atoms with van der Waals surface area (Å²) in [6.07, 6.45) is 1.85. The normalized spacial score (nSPS) is 12.1. The molecule has 6 nitrogen and oxygen atoms in total. The molecule has 7 heteroatoms. The summed E-state index contributed by atoms with van der Waals surface area (Å²) in [5, 5.41) is 3.48. The minimum absolute atomic E-state index is 0.200. The maximum absolute atomic E-state index is 12.0. The van der Waals surface area contributed by atoms with Crippen LogP contribution in [0, 0.1) is 19.8 Å². The lowest BCUT2D eigenvalue weighted by molar-refractivity contribution is -0.154. The second-order valence-corrected chi connectivity index (χ2v) is 6.90. The molecule has 0 aromatic carbocycles. The van der Waals surface area contributed by atoms with Gasteiger partial charge in [0.15, 0.2) is 11.3 Å². The third-order valence-corrected chi connectivity index (χ3v) is 4.07. The number of aromatic nitrogens is 2. The fraction of sp³-hybridized carbons (Fsp3) is 0.647. The van der Waals surface area contributed by atoms with Gasteiger partial charge in [0.25, 0.3) is 5.91 Å². The van der Waals surface area contributed by atoms with Crippen molar-refractivity contribution in [1.29, 1.82) is 0 Å². The zero-order chi connectivity index (χ0) is 18.3. The lowest BCUT2D eigenvalue weighted by Gasteiger charge is -2.15. The van der Waals surface area contributed by atoms with Crippen molar-refractivity contribution in [1.82, 2.24) is 15.3 Å².